The first-order chi connectivity index (χ1) is 12.6. The van der Waals surface area contributed by atoms with Gasteiger partial charge in [0.15, 0.2) is 0 Å². The van der Waals surface area contributed by atoms with Crippen LogP contribution in [-0.2, 0) is 4.79 Å². The molecule has 3 rings (SSSR count). The number of hydrogen-bond donors (Lipinski definition) is 1. The lowest BCUT2D eigenvalue weighted by atomic mass is 9.96. The van der Waals surface area contributed by atoms with Crippen LogP contribution in [0.2, 0.25) is 0 Å². The number of nitrogens with zero attached hydrogens (tertiary/aromatic N) is 1. The Hall–Kier alpha value is -2.62. The molecule has 2 aromatic carbocycles. The van der Waals surface area contributed by atoms with Crippen LogP contribution in [-0.4, -0.2) is 35.8 Å². The highest BCUT2D eigenvalue weighted by Crippen LogP contribution is 2.21. The molecule has 0 radical (unpaired) electrons. The molecule has 1 fully saturated rings. The molecule has 2 amide bonds. The zero-order valence-corrected chi connectivity index (χ0v) is 15.2. The molecule has 0 aromatic heterocycles. The number of rotatable bonds is 5. The van der Waals surface area contributed by atoms with E-state index in [0.717, 1.165) is 12.8 Å². The second-order valence-electron chi connectivity index (χ2n) is 7.01. The van der Waals surface area contributed by atoms with Crippen molar-refractivity contribution in [2.24, 2.45) is 0 Å². The Bertz CT molecular complexity index is 722. The van der Waals surface area contributed by atoms with Gasteiger partial charge < -0.3 is 10.2 Å². The standard InChI is InChI=1S/C22H26N2O2/c1-17(18-8-4-2-5-9-18)16-21(25)24-14-12-20(13-15-24)23-22(26)19-10-6-3-7-11-19/h2-11,17,20H,12-16H2,1H3,(H,23,26). The van der Waals surface area contributed by atoms with Crippen molar-refractivity contribution in [2.75, 3.05) is 13.1 Å². The molecule has 0 bridgehead atoms. The molecule has 1 aliphatic heterocycles. The summed E-state index contributed by atoms with van der Waals surface area (Å²) < 4.78 is 0. The van der Waals surface area contributed by atoms with Gasteiger partial charge in [0.25, 0.3) is 5.91 Å². The molecule has 136 valence electrons. The molecule has 1 unspecified atom stereocenters. The Morgan fingerprint density at radius 1 is 1.00 bits per heavy atom. The van der Waals surface area contributed by atoms with Gasteiger partial charge in [0, 0.05) is 31.1 Å². The number of hydrogen-bond acceptors (Lipinski definition) is 2. The quantitative estimate of drug-likeness (QED) is 0.896. The van der Waals surface area contributed by atoms with Crippen molar-refractivity contribution < 1.29 is 9.59 Å². The Kier molecular flexibility index (Phi) is 6.05. The maximum absolute atomic E-state index is 12.6. The van der Waals surface area contributed by atoms with E-state index in [1.165, 1.54) is 5.56 Å². The minimum atomic E-state index is -0.0342. The van der Waals surface area contributed by atoms with Crippen molar-refractivity contribution in [1.29, 1.82) is 0 Å². The second-order valence-corrected chi connectivity index (χ2v) is 7.01. The molecule has 0 aliphatic carbocycles. The number of carbonyl (C=O) groups is 2. The van der Waals surface area contributed by atoms with E-state index in [9.17, 15) is 9.59 Å². The predicted octanol–water partition coefficient (Wildman–Crippen LogP) is 3.60. The lowest BCUT2D eigenvalue weighted by Crippen LogP contribution is -2.46. The van der Waals surface area contributed by atoms with Crippen LogP contribution in [0.3, 0.4) is 0 Å². The van der Waals surface area contributed by atoms with E-state index in [1.54, 1.807) is 0 Å². The lowest BCUT2D eigenvalue weighted by molar-refractivity contribution is -0.132. The number of nitrogens with one attached hydrogen (secondary N) is 1. The summed E-state index contributed by atoms with van der Waals surface area (Å²) in [6.07, 6.45) is 2.15. The van der Waals surface area contributed by atoms with Crippen LogP contribution in [0, 0.1) is 0 Å². The SMILES string of the molecule is CC(CC(=O)N1CCC(NC(=O)c2ccccc2)CC1)c1ccccc1. The van der Waals surface area contributed by atoms with Crippen molar-refractivity contribution >= 4 is 11.8 Å². The Labute approximate surface area is 155 Å². The summed E-state index contributed by atoms with van der Waals surface area (Å²) >= 11 is 0. The largest absolute Gasteiger partial charge is 0.349 e. The third-order valence-corrected chi connectivity index (χ3v) is 5.07. The predicted molar refractivity (Wildman–Crippen MR) is 103 cm³/mol. The van der Waals surface area contributed by atoms with Crippen LogP contribution in [0.25, 0.3) is 0 Å². The van der Waals surface area contributed by atoms with E-state index in [0.29, 0.717) is 25.1 Å². The molecule has 0 saturated carbocycles. The van der Waals surface area contributed by atoms with E-state index < -0.39 is 0 Å². The van der Waals surface area contributed by atoms with E-state index in [-0.39, 0.29) is 23.8 Å². The van der Waals surface area contributed by atoms with Gasteiger partial charge >= 0.3 is 0 Å². The van der Waals surface area contributed by atoms with Crippen LogP contribution in [0.4, 0.5) is 0 Å². The van der Waals surface area contributed by atoms with Crippen molar-refractivity contribution in [3.63, 3.8) is 0 Å². The van der Waals surface area contributed by atoms with Gasteiger partial charge in [0.2, 0.25) is 5.91 Å². The number of amides is 2. The normalized spacial score (nSPS) is 16.1. The molecule has 1 atom stereocenters. The van der Waals surface area contributed by atoms with E-state index in [1.807, 2.05) is 53.4 Å². The number of likely N-dealkylation sites (tertiary alicyclic amines) is 1. The molecule has 1 N–H and O–H groups in total. The summed E-state index contributed by atoms with van der Waals surface area (Å²) in [6, 6.07) is 19.6. The van der Waals surface area contributed by atoms with Gasteiger partial charge in [-0.2, -0.15) is 0 Å². The van der Waals surface area contributed by atoms with Crippen LogP contribution in [0.5, 0.6) is 0 Å². The molecular formula is C22H26N2O2. The van der Waals surface area contributed by atoms with Gasteiger partial charge in [0.1, 0.15) is 0 Å². The second kappa shape index (κ2) is 8.65. The van der Waals surface area contributed by atoms with Crippen molar-refractivity contribution in [3.8, 4) is 0 Å². The van der Waals surface area contributed by atoms with Crippen LogP contribution in [0.15, 0.2) is 60.7 Å². The van der Waals surface area contributed by atoms with Gasteiger partial charge in [-0.3, -0.25) is 9.59 Å². The smallest absolute Gasteiger partial charge is 0.251 e. The molecule has 1 saturated heterocycles. The van der Waals surface area contributed by atoms with Gasteiger partial charge in [-0.25, -0.2) is 0 Å². The van der Waals surface area contributed by atoms with E-state index in [4.69, 9.17) is 0 Å². The number of benzene rings is 2. The average Bonchev–Trinajstić information content (AvgIpc) is 2.69. The van der Waals surface area contributed by atoms with Crippen LogP contribution >= 0.6 is 0 Å². The molecule has 2 aromatic rings. The van der Waals surface area contributed by atoms with Crippen molar-refractivity contribution in [1.82, 2.24) is 10.2 Å². The van der Waals surface area contributed by atoms with Gasteiger partial charge in [-0.15, -0.1) is 0 Å². The van der Waals surface area contributed by atoms with Crippen LogP contribution < -0.4 is 5.32 Å². The summed E-state index contributed by atoms with van der Waals surface area (Å²) in [5, 5.41) is 3.08. The third kappa shape index (κ3) is 4.72. The van der Waals surface area contributed by atoms with Crippen molar-refractivity contribution in [2.45, 2.75) is 38.1 Å². The zero-order chi connectivity index (χ0) is 18.4. The molecule has 0 spiro atoms. The maximum atomic E-state index is 12.6. The molecule has 1 aliphatic rings. The summed E-state index contributed by atoms with van der Waals surface area (Å²) in [6.45, 7) is 3.51. The molecule has 1 heterocycles. The van der Waals surface area contributed by atoms with E-state index >= 15 is 0 Å². The van der Waals surface area contributed by atoms with Gasteiger partial charge in [-0.1, -0.05) is 55.5 Å². The first kappa shape index (κ1) is 18.2. The number of piperidine rings is 1. The average molecular weight is 350 g/mol. The minimum absolute atomic E-state index is 0.0342. The highest BCUT2D eigenvalue weighted by atomic mass is 16.2. The third-order valence-electron chi connectivity index (χ3n) is 5.07. The van der Waals surface area contributed by atoms with Gasteiger partial charge in [0.05, 0.1) is 0 Å². The maximum Gasteiger partial charge on any atom is 0.251 e. The first-order valence-corrected chi connectivity index (χ1v) is 9.32. The Morgan fingerprint density at radius 2 is 1.58 bits per heavy atom. The Balaban J connectivity index is 1.46. The zero-order valence-electron chi connectivity index (χ0n) is 15.2. The molecule has 4 heteroatoms. The van der Waals surface area contributed by atoms with Crippen LogP contribution in [0.1, 0.15) is 48.0 Å². The fourth-order valence-electron chi connectivity index (χ4n) is 3.42. The van der Waals surface area contributed by atoms with Gasteiger partial charge in [-0.05, 0) is 36.5 Å². The lowest BCUT2D eigenvalue weighted by Gasteiger charge is -2.33. The summed E-state index contributed by atoms with van der Waals surface area (Å²) in [5.41, 5.74) is 1.88. The number of carbonyl (C=O) groups excluding carboxylic acids is 2. The highest BCUT2D eigenvalue weighted by Gasteiger charge is 2.25. The summed E-state index contributed by atoms with van der Waals surface area (Å²) in [5.74, 6) is 0.390. The summed E-state index contributed by atoms with van der Waals surface area (Å²) in [7, 11) is 0. The highest BCUT2D eigenvalue weighted by molar-refractivity contribution is 5.94. The fourth-order valence-corrected chi connectivity index (χ4v) is 3.42. The summed E-state index contributed by atoms with van der Waals surface area (Å²) in [4.78, 5) is 26.7. The molecule has 26 heavy (non-hydrogen) atoms. The fraction of sp³-hybridized carbons (Fsp3) is 0.364. The monoisotopic (exact) mass is 350 g/mol. The Morgan fingerprint density at radius 3 is 2.19 bits per heavy atom. The minimum Gasteiger partial charge on any atom is -0.349 e. The topological polar surface area (TPSA) is 49.4 Å². The van der Waals surface area contributed by atoms with Crippen molar-refractivity contribution in [3.05, 3.63) is 71.8 Å². The van der Waals surface area contributed by atoms with E-state index in [2.05, 4.69) is 24.4 Å². The molecule has 4 nitrogen and oxygen atoms in total. The molecular weight excluding hydrogens is 324 g/mol. The first-order valence-electron chi connectivity index (χ1n) is 9.32.